The second-order valence-corrected chi connectivity index (χ2v) is 5.92. The molecule has 2 aromatic carbocycles. The van der Waals surface area contributed by atoms with E-state index in [-0.39, 0.29) is 11.8 Å². The van der Waals surface area contributed by atoms with Crippen LogP contribution in [0, 0.1) is 0 Å². The summed E-state index contributed by atoms with van der Waals surface area (Å²) in [5.74, 6) is 0.287. The molecule has 0 aliphatic carbocycles. The average Bonchev–Trinajstić information content (AvgIpc) is 3.16. The minimum absolute atomic E-state index is 0.00593. The van der Waals surface area contributed by atoms with E-state index in [4.69, 9.17) is 0 Å². The molecule has 0 spiro atoms. The fraction of sp³-hybridized carbons (Fsp3) is 0.167. The van der Waals surface area contributed by atoms with Crippen molar-refractivity contribution in [2.75, 3.05) is 5.32 Å². The van der Waals surface area contributed by atoms with Gasteiger partial charge < -0.3 is 10.2 Å². The number of aromatic amines is 1. The lowest BCUT2D eigenvalue weighted by atomic mass is 10.1. The molecular formula is C18H16N4O2. The summed E-state index contributed by atoms with van der Waals surface area (Å²) in [6.07, 6.45) is 0. The van der Waals surface area contributed by atoms with E-state index in [9.17, 15) is 9.59 Å². The van der Waals surface area contributed by atoms with Gasteiger partial charge in [0.1, 0.15) is 0 Å². The van der Waals surface area contributed by atoms with Crippen molar-refractivity contribution >= 4 is 28.4 Å². The smallest absolute Gasteiger partial charge is 0.256 e. The summed E-state index contributed by atoms with van der Waals surface area (Å²) in [5, 5.41) is 12.0. The van der Waals surface area contributed by atoms with Gasteiger partial charge in [0, 0.05) is 18.1 Å². The number of hydrogen-bond acceptors (Lipinski definition) is 3. The molecule has 6 nitrogen and oxygen atoms in total. The van der Waals surface area contributed by atoms with Crippen molar-refractivity contribution in [1.29, 1.82) is 0 Å². The third-order valence-electron chi connectivity index (χ3n) is 4.34. The quantitative estimate of drug-likeness (QED) is 0.762. The number of H-pyrrole nitrogens is 1. The first kappa shape index (κ1) is 14.4. The lowest BCUT2D eigenvalue weighted by Crippen LogP contribution is -2.23. The van der Waals surface area contributed by atoms with Gasteiger partial charge in [-0.2, -0.15) is 5.10 Å². The second kappa shape index (κ2) is 5.49. The van der Waals surface area contributed by atoms with Crippen molar-refractivity contribution in [3.8, 4) is 0 Å². The molecule has 2 amide bonds. The van der Waals surface area contributed by atoms with E-state index >= 15 is 0 Å². The number of nitrogens with zero attached hydrogens (tertiary/aromatic N) is 2. The predicted molar refractivity (Wildman–Crippen MR) is 90.4 cm³/mol. The molecule has 120 valence electrons. The molecule has 3 aromatic rings. The summed E-state index contributed by atoms with van der Waals surface area (Å²) in [6.45, 7) is 2.50. The Morgan fingerprint density at radius 1 is 1.12 bits per heavy atom. The summed E-state index contributed by atoms with van der Waals surface area (Å²) in [5.41, 5.74) is 2.32. The van der Waals surface area contributed by atoms with Crippen molar-refractivity contribution in [1.82, 2.24) is 15.1 Å². The Kier molecular flexibility index (Phi) is 3.30. The van der Waals surface area contributed by atoms with Crippen LogP contribution < -0.4 is 5.32 Å². The Bertz CT molecular complexity index is 961. The molecule has 0 atom stereocenters. The lowest BCUT2D eigenvalue weighted by molar-refractivity contribution is -0.129. The van der Waals surface area contributed by atoms with Crippen LogP contribution in [0.4, 0.5) is 5.82 Å². The van der Waals surface area contributed by atoms with Crippen LogP contribution in [0.1, 0.15) is 28.5 Å². The van der Waals surface area contributed by atoms with Crippen LogP contribution in [0.3, 0.4) is 0 Å². The maximum absolute atomic E-state index is 12.5. The number of fused-ring (bicyclic) bond motifs is 2. The second-order valence-electron chi connectivity index (χ2n) is 5.92. The van der Waals surface area contributed by atoms with Crippen molar-refractivity contribution in [3.05, 3.63) is 59.3 Å². The van der Waals surface area contributed by atoms with E-state index < -0.39 is 0 Å². The molecule has 0 saturated heterocycles. The highest BCUT2D eigenvalue weighted by Gasteiger charge is 2.27. The molecule has 2 N–H and O–H groups in total. The van der Waals surface area contributed by atoms with Crippen LogP contribution in [0.5, 0.6) is 0 Å². The molecule has 1 aliphatic rings. The molecule has 1 aromatic heterocycles. The van der Waals surface area contributed by atoms with Crippen molar-refractivity contribution < 1.29 is 9.59 Å². The summed E-state index contributed by atoms with van der Waals surface area (Å²) in [6, 6.07) is 13.5. The number of carbonyl (C=O) groups is 2. The number of amides is 2. The number of carbonyl (C=O) groups excluding carboxylic acids is 2. The molecule has 0 saturated carbocycles. The van der Waals surface area contributed by atoms with Crippen LogP contribution in [0.2, 0.25) is 0 Å². The first-order valence-corrected chi connectivity index (χ1v) is 7.73. The minimum atomic E-state index is -0.212. The van der Waals surface area contributed by atoms with Crippen molar-refractivity contribution in [2.24, 2.45) is 0 Å². The van der Waals surface area contributed by atoms with E-state index in [1.165, 1.54) is 6.92 Å². The van der Waals surface area contributed by atoms with Gasteiger partial charge in [0.2, 0.25) is 5.91 Å². The summed E-state index contributed by atoms with van der Waals surface area (Å²) >= 11 is 0. The van der Waals surface area contributed by atoms with E-state index in [2.05, 4.69) is 15.5 Å². The van der Waals surface area contributed by atoms with Crippen molar-refractivity contribution in [2.45, 2.75) is 20.0 Å². The first-order chi connectivity index (χ1) is 11.6. The molecule has 0 radical (unpaired) electrons. The van der Waals surface area contributed by atoms with Gasteiger partial charge in [-0.15, -0.1) is 0 Å². The number of anilines is 1. The van der Waals surface area contributed by atoms with Gasteiger partial charge in [0.25, 0.3) is 5.91 Å². The molecule has 0 fully saturated rings. The highest BCUT2D eigenvalue weighted by Crippen LogP contribution is 2.27. The highest BCUT2D eigenvalue weighted by atomic mass is 16.2. The van der Waals surface area contributed by atoms with Gasteiger partial charge in [-0.1, -0.05) is 30.3 Å². The van der Waals surface area contributed by atoms with Gasteiger partial charge in [0.15, 0.2) is 5.82 Å². The van der Waals surface area contributed by atoms with Crippen molar-refractivity contribution in [3.63, 3.8) is 0 Å². The van der Waals surface area contributed by atoms with Gasteiger partial charge in [-0.25, -0.2) is 0 Å². The van der Waals surface area contributed by atoms with Crippen LogP contribution in [0.15, 0.2) is 42.5 Å². The third-order valence-corrected chi connectivity index (χ3v) is 4.34. The first-order valence-electron chi connectivity index (χ1n) is 7.73. The normalized spacial score (nSPS) is 13.1. The fourth-order valence-electron chi connectivity index (χ4n) is 2.98. The third kappa shape index (κ3) is 2.42. The van der Waals surface area contributed by atoms with Crippen LogP contribution >= 0.6 is 0 Å². The Balaban J connectivity index is 1.58. The zero-order valence-corrected chi connectivity index (χ0v) is 13.2. The largest absolute Gasteiger partial charge is 0.333 e. The highest BCUT2D eigenvalue weighted by molar-refractivity contribution is 6.06. The van der Waals surface area contributed by atoms with E-state index in [0.29, 0.717) is 24.5 Å². The average molecular weight is 320 g/mol. The summed E-state index contributed by atoms with van der Waals surface area (Å²) in [4.78, 5) is 25.7. The number of benzene rings is 2. The molecule has 4 rings (SSSR count). The van der Waals surface area contributed by atoms with Crippen LogP contribution in [-0.2, 0) is 17.9 Å². The standard InChI is InChI=1S/C18H16N4O2/c1-11(23)22-9-15-16(10-22)20-21-17(15)19-18(24)14-7-6-12-4-2-3-5-13(12)8-14/h2-8H,9-10H2,1H3,(H2,19,20,21,24). The number of rotatable bonds is 2. The zero-order chi connectivity index (χ0) is 16.7. The molecular weight excluding hydrogens is 304 g/mol. The van der Waals surface area contributed by atoms with E-state index in [1.807, 2.05) is 36.4 Å². The molecule has 0 unspecified atom stereocenters. The molecule has 0 bridgehead atoms. The minimum Gasteiger partial charge on any atom is -0.333 e. The Morgan fingerprint density at radius 3 is 2.71 bits per heavy atom. The van der Waals surface area contributed by atoms with Gasteiger partial charge in [0.05, 0.1) is 18.8 Å². The molecule has 1 aliphatic heterocycles. The summed E-state index contributed by atoms with van der Waals surface area (Å²) in [7, 11) is 0. The Hall–Kier alpha value is -3.15. The van der Waals surface area contributed by atoms with Gasteiger partial charge in [-0.3, -0.25) is 14.7 Å². The van der Waals surface area contributed by atoms with Crippen LogP contribution in [0.25, 0.3) is 10.8 Å². The van der Waals surface area contributed by atoms with Crippen LogP contribution in [-0.4, -0.2) is 26.9 Å². The number of aromatic nitrogens is 2. The number of nitrogens with one attached hydrogen (secondary N) is 2. The Labute approximate surface area is 138 Å². The Morgan fingerprint density at radius 2 is 1.92 bits per heavy atom. The maximum Gasteiger partial charge on any atom is 0.256 e. The number of hydrogen-bond donors (Lipinski definition) is 2. The lowest BCUT2D eigenvalue weighted by Gasteiger charge is -2.12. The predicted octanol–water partition coefficient (Wildman–Crippen LogP) is 2.68. The maximum atomic E-state index is 12.5. The SMILES string of the molecule is CC(=O)N1Cc2[nH]nc(NC(=O)c3ccc4ccccc4c3)c2C1. The van der Waals surface area contributed by atoms with Gasteiger partial charge in [-0.05, 0) is 22.9 Å². The topological polar surface area (TPSA) is 78.1 Å². The monoisotopic (exact) mass is 320 g/mol. The molecule has 24 heavy (non-hydrogen) atoms. The van der Waals surface area contributed by atoms with E-state index in [0.717, 1.165) is 22.0 Å². The van der Waals surface area contributed by atoms with E-state index in [1.54, 1.807) is 11.0 Å². The zero-order valence-electron chi connectivity index (χ0n) is 13.2. The summed E-state index contributed by atoms with van der Waals surface area (Å²) < 4.78 is 0. The molecule has 6 heteroatoms. The fourth-order valence-corrected chi connectivity index (χ4v) is 2.98. The molecule has 2 heterocycles. The van der Waals surface area contributed by atoms with Gasteiger partial charge >= 0.3 is 0 Å².